The molecule has 4 nitrogen and oxygen atoms in total. The molecule has 0 aliphatic rings. The molecule has 0 spiro atoms. The highest BCUT2D eigenvalue weighted by molar-refractivity contribution is 8.00. The highest BCUT2D eigenvalue weighted by Crippen LogP contribution is 2.27. The number of carbonyl (C=O) groups excluding carboxylic acids is 1. The molecule has 0 atom stereocenters. The molecule has 84 valence electrons. The van der Waals surface area contributed by atoms with Crippen molar-refractivity contribution in [3.05, 3.63) is 17.8 Å². The molecule has 16 heavy (non-hydrogen) atoms. The second kappa shape index (κ2) is 5.27. The highest BCUT2D eigenvalue weighted by Gasteiger charge is 2.08. The van der Waals surface area contributed by atoms with Gasteiger partial charge in [-0.05, 0) is 18.4 Å². The van der Waals surface area contributed by atoms with Crippen LogP contribution in [0.2, 0.25) is 0 Å². The van der Waals surface area contributed by atoms with E-state index in [9.17, 15) is 4.79 Å². The topological polar surface area (TPSA) is 52.1 Å². The quantitative estimate of drug-likeness (QED) is 0.476. The molecule has 0 saturated heterocycles. The van der Waals surface area contributed by atoms with Crippen LogP contribution in [0, 0.1) is 0 Å². The normalized spacial score (nSPS) is 10.6. The van der Waals surface area contributed by atoms with Crippen molar-refractivity contribution in [3.8, 4) is 0 Å². The number of nitrogens with zero attached hydrogens (tertiary/aromatic N) is 2. The Balaban J connectivity index is 2.09. The predicted octanol–water partition coefficient (Wildman–Crippen LogP) is 2.35. The SMILES string of the molecule is CCOC(=O)CSc1ncnc2sccc12. The first-order valence-electron chi connectivity index (χ1n) is 4.78. The van der Waals surface area contributed by atoms with Gasteiger partial charge < -0.3 is 4.74 Å². The molecule has 0 saturated carbocycles. The van der Waals surface area contributed by atoms with Gasteiger partial charge in [-0.1, -0.05) is 11.8 Å². The van der Waals surface area contributed by atoms with Gasteiger partial charge in [-0.25, -0.2) is 9.97 Å². The Kier molecular flexibility index (Phi) is 3.74. The third kappa shape index (κ3) is 2.51. The zero-order valence-electron chi connectivity index (χ0n) is 8.67. The number of esters is 1. The van der Waals surface area contributed by atoms with E-state index >= 15 is 0 Å². The number of carbonyl (C=O) groups is 1. The molecule has 0 aliphatic heterocycles. The van der Waals surface area contributed by atoms with Crippen LogP contribution in [-0.2, 0) is 9.53 Å². The lowest BCUT2D eigenvalue weighted by Crippen LogP contribution is -2.06. The minimum atomic E-state index is -0.213. The van der Waals surface area contributed by atoms with Crippen molar-refractivity contribution in [1.29, 1.82) is 0 Å². The third-order valence-electron chi connectivity index (χ3n) is 1.86. The Labute approximate surface area is 101 Å². The smallest absolute Gasteiger partial charge is 0.316 e. The molecule has 0 aliphatic carbocycles. The van der Waals surface area contributed by atoms with Crippen LogP contribution in [0.15, 0.2) is 22.8 Å². The van der Waals surface area contributed by atoms with Crippen LogP contribution in [0.1, 0.15) is 6.92 Å². The van der Waals surface area contributed by atoms with E-state index in [0.717, 1.165) is 15.2 Å². The van der Waals surface area contributed by atoms with Crippen molar-refractivity contribution in [2.75, 3.05) is 12.4 Å². The zero-order valence-corrected chi connectivity index (χ0v) is 10.3. The van der Waals surface area contributed by atoms with E-state index in [-0.39, 0.29) is 11.7 Å². The number of ether oxygens (including phenoxy) is 1. The number of thioether (sulfide) groups is 1. The maximum Gasteiger partial charge on any atom is 0.316 e. The van der Waals surface area contributed by atoms with Crippen LogP contribution in [0.5, 0.6) is 0 Å². The second-order valence-corrected chi connectivity index (χ2v) is 4.77. The minimum Gasteiger partial charge on any atom is -0.465 e. The van der Waals surface area contributed by atoms with Gasteiger partial charge in [-0.2, -0.15) is 0 Å². The first-order valence-corrected chi connectivity index (χ1v) is 6.64. The maximum absolute atomic E-state index is 11.2. The summed E-state index contributed by atoms with van der Waals surface area (Å²) in [5.41, 5.74) is 0. The van der Waals surface area contributed by atoms with Crippen molar-refractivity contribution < 1.29 is 9.53 Å². The van der Waals surface area contributed by atoms with Gasteiger partial charge >= 0.3 is 5.97 Å². The van der Waals surface area contributed by atoms with E-state index in [4.69, 9.17) is 4.74 Å². The van der Waals surface area contributed by atoms with Gasteiger partial charge in [0.1, 0.15) is 16.2 Å². The number of rotatable bonds is 4. The molecule has 0 aromatic carbocycles. The van der Waals surface area contributed by atoms with Gasteiger partial charge in [0, 0.05) is 5.39 Å². The molecule has 2 aromatic heterocycles. The molecule has 0 N–H and O–H groups in total. The molecule has 0 unspecified atom stereocenters. The van der Waals surface area contributed by atoms with E-state index < -0.39 is 0 Å². The van der Waals surface area contributed by atoms with Crippen molar-refractivity contribution in [1.82, 2.24) is 9.97 Å². The Morgan fingerprint density at radius 3 is 3.25 bits per heavy atom. The summed E-state index contributed by atoms with van der Waals surface area (Å²) in [6, 6.07) is 1.97. The van der Waals surface area contributed by atoms with Crippen molar-refractivity contribution in [2.24, 2.45) is 0 Å². The lowest BCUT2D eigenvalue weighted by Gasteiger charge is -2.01. The Hall–Kier alpha value is -1.14. The summed E-state index contributed by atoms with van der Waals surface area (Å²) < 4.78 is 4.86. The summed E-state index contributed by atoms with van der Waals surface area (Å²) in [5, 5.41) is 3.80. The van der Waals surface area contributed by atoms with E-state index in [0.29, 0.717) is 6.61 Å². The summed E-state index contributed by atoms with van der Waals surface area (Å²) in [4.78, 5) is 20.5. The standard InChI is InChI=1S/C10H10N2O2S2/c1-2-14-8(13)5-16-10-7-3-4-15-9(7)11-6-12-10/h3-4,6H,2,5H2,1H3. The molecular formula is C10H10N2O2S2. The lowest BCUT2D eigenvalue weighted by atomic mass is 10.4. The monoisotopic (exact) mass is 254 g/mol. The number of thiophene rings is 1. The fourth-order valence-corrected chi connectivity index (χ4v) is 2.79. The largest absolute Gasteiger partial charge is 0.465 e. The van der Waals surface area contributed by atoms with Crippen LogP contribution in [-0.4, -0.2) is 28.3 Å². The lowest BCUT2D eigenvalue weighted by molar-refractivity contribution is -0.139. The average molecular weight is 254 g/mol. The molecule has 6 heteroatoms. The van der Waals surface area contributed by atoms with Gasteiger partial charge in [0.2, 0.25) is 0 Å². The van der Waals surface area contributed by atoms with Gasteiger partial charge in [-0.15, -0.1) is 11.3 Å². The van der Waals surface area contributed by atoms with E-state index in [1.165, 1.54) is 18.1 Å². The van der Waals surface area contributed by atoms with Crippen LogP contribution in [0.4, 0.5) is 0 Å². The third-order valence-corrected chi connectivity index (χ3v) is 3.66. The van der Waals surface area contributed by atoms with Gasteiger partial charge in [0.05, 0.1) is 12.4 Å². The second-order valence-electron chi connectivity index (χ2n) is 2.91. The van der Waals surface area contributed by atoms with E-state index in [2.05, 4.69) is 9.97 Å². The van der Waals surface area contributed by atoms with Gasteiger partial charge in [0.15, 0.2) is 0 Å². The fourth-order valence-electron chi connectivity index (χ4n) is 1.21. The Bertz CT molecular complexity index is 498. The highest BCUT2D eigenvalue weighted by atomic mass is 32.2. The van der Waals surface area contributed by atoms with E-state index in [1.807, 2.05) is 11.4 Å². The minimum absolute atomic E-state index is 0.213. The molecule has 0 amide bonds. The first kappa shape index (κ1) is 11.3. The Morgan fingerprint density at radius 1 is 1.56 bits per heavy atom. The fraction of sp³-hybridized carbons (Fsp3) is 0.300. The molecule has 0 bridgehead atoms. The van der Waals surface area contributed by atoms with Crippen LogP contribution >= 0.6 is 23.1 Å². The summed E-state index contributed by atoms with van der Waals surface area (Å²) in [5.74, 6) is 0.0741. The van der Waals surface area contributed by atoms with E-state index in [1.54, 1.807) is 18.3 Å². The molecule has 2 rings (SSSR count). The number of hydrogen-bond acceptors (Lipinski definition) is 6. The Morgan fingerprint density at radius 2 is 2.44 bits per heavy atom. The van der Waals surface area contributed by atoms with Crippen molar-refractivity contribution >= 4 is 39.3 Å². The molecule has 0 fully saturated rings. The summed E-state index contributed by atoms with van der Waals surface area (Å²) in [6.07, 6.45) is 1.52. The summed E-state index contributed by atoms with van der Waals surface area (Å²) in [7, 11) is 0. The van der Waals surface area contributed by atoms with Crippen LogP contribution in [0.25, 0.3) is 10.2 Å². The number of aromatic nitrogens is 2. The molecule has 2 aromatic rings. The number of hydrogen-bond donors (Lipinski definition) is 0. The predicted molar refractivity (Wildman–Crippen MR) is 64.8 cm³/mol. The van der Waals surface area contributed by atoms with Gasteiger partial charge in [0.25, 0.3) is 0 Å². The molecule has 0 radical (unpaired) electrons. The van der Waals surface area contributed by atoms with Crippen molar-refractivity contribution in [3.63, 3.8) is 0 Å². The summed E-state index contributed by atoms with van der Waals surface area (Å²) >= 11 is 2.95. The molecule has 2 heterocycles. The first-order chi connectivity index (χ1) is 7.81. The zero-order chi connectivity index (χ0) is 11.4. The summed E-state index contributed by atoms with van der Waals surface area (Å²) in [6.45, 7) is 2.21. The molecular weight excluding hydrogens is 244 g/mol. The maximum atomic E-state index is 11.2. The van der Waals surface area contributed by atoms with Crippen LogP contribution < -0.4 is 0 Å². The average Bonchev–Trinajstić information content (AvgIpc) is 2.75. The van der Waals surface area contributed by atoms with Crippen molar-refractivity contribution in [2.45, 2.75) is 11.9 Å². The van der Waals surface area contributed by atoms with Gasteiger partial charge in [-0.3, -0.25) is 4.79 Å². The van der Waals surface area contributed by atoms with Crippen LogP contribution in [0.3, 0.4) is 0 Å². The number of fused-ring (bicyclic) bond motifs is 1.